The lowest BCUT2D eigenvalue weighted by molar-refractivity contribution is -0.125. The summed E-state index contributed by atoms with van der Waals surface area (Å²) in [7, 11) is 1.52. The van der Waals surface area contributed by atoms with Crippen molar-refractivity contribution in [2.75, 3.05) is 20.3 Å². The van der Waals surface area contributed by atoms with Crippen LogP contribution in [0.4, 0.5) is 0 Å². The van der Waals surface area contributed by atoms with Gasteiger partial charge < -0.3 is 15.2 Å². The molecule has 0 saturated carbocycles. The molecule has 0 saturated heterocycles. The monoisotopic (exact) mass is 203 g/mol. The van der Waals surface area contributed by atoms with E-state index in [2.05, 4.69) is 5.32 Å². The minimum Gasteiger partial charge on any atom is -0.389 e. The molecule has 0 aliphatic rings. The van der Waals surface area contributed by atoms with Gasteiger partial charge in [-0.3, -0.25) is 4.79 Å². The summed E-state index contributed by atoms with van der Waals surface area (Å²) in [5, 5.41) is 12.0. The van der Waals surface area contributed by atoms with Crippen molar-refractivity contribution in [3.63, 3.8) is 0 Å². The van der Waals surface area contributed by atoms with Gasteiger partial charge in [-0.15, -0.1) is 0 Å². The summed E-state index contributed by atoms with van der Waals surface area (Å²) in [6.07, 6.45) is 1.26. The van der Waals surface area contributed by atoms with Crippen LogP contribution in [0.1, 0.15) is 26.7 Å². The number of rotatable bonds is 7. The van der Waals surface area contributed by atoms with Crippen LogP contribution >= 0.6 is 0 Å². The zero-order chi connectivity index (χ0) is 11.0. The van der Waals surface area contributed by atoms with E-state index in [-0.39, 0.29) is 25.0 Å². The molecule has 0 aliphatic heterocycles. The summed E-state index contributed by atoms with van der Waals surface area (Å²) in [4.78, 5) is 11.4. The molecule has 4 nitrogen and oxygen atoms in total. The van der Waals surface area contributed by atoms with Crippen LogP contribution in [-0.2, 0) is 9.53 Å². The largest absolute Gasteiger partial charge is 0.389 e. The number of nitrogens with one attached hydrogen (secondary N) is 1. The summed E-state index contributed by atoms with van der Waals surface area (Å²) in [5.74, 6) is 0.0248. The van der Waals surface area contributed by atoms with Gasteiger partial charge in [-0.1, -0.05) is 20.3 Å². The summed E-state index contributed by atoms with van der Waals surface area (Å²) in [5.41, 5.74) is 0. The van der Waals surface area contributed by atoms with Crippen molar-refractivity contribution >= 4 is 5.91 Å². The fourth-order valence-corrected chi connectivity index (χ4v) is 1.21. The number of aliphatic hydroxyl groups is 1. The molecule has 0 bridgehead atoms. The van der Waals surface area contributed by atoms with Crippen LogP contribution in [0, 0.1) is 5.92 Å². The highest BCUT2D eigenvalue weighted by atomic mass is 16.5. The predicted molar refractivity (Wildman–Crippen MR) is 55.0 cm³/mol. The molecule has 0 aromatic carbocycles. The van der Waals surface area contributed by atoms with Crippen LogP contribution in [0.2, 0.25) is 0 Å². The summed E-state index contributed by atoms with van der Waals surface area (Å²) < 4.78 is 4.74. The maximum Gasteiger partial charge on any atom is 0.222 e. The molecule has 0 heterocycles. The van der Waals surface area contributed by atoms with Gasteiger partial charge in [0.05, 0.1) is 12.7 Å². The van der Waals surface area contributed by atoms with Crippen molar-refractivity contribution in [1.29, 1.82) is 0 Å². The van der Waals surface area contributed by atoms with Crippen molar-refractivity contribution in [2.45, 2.75) is 32.8 Å². The number of methoxy groups -OCH3 is 1. The first-order chi connectivity index (χ1) is 6.61. The Kier molecular flexibility index (Phi) is 7.42. The van der Waals surface area contributed by atoms with Crippen LogP contribution in [0.15, 0.2) is 0 Å². The van der Waals surface area contributed by atoms with Gasteiger partial charge >= 0.3 is 0 Å². The minimum atomic E-state index is -0.613. The average molecular weight is 203 g/mol. The molecular formula is C10H21NO3. The van der Waals surface area contributed by atoms with E-state index in [0.29, 0.717) is 0 Å². The van der Waals surface area contributed by atoms with Gasteiger partial charge in [0.1, 0.15) is 0 Å². The van der Waals surface area contributed by atoms with Crippen molar-refractivity contribution in [1.82, 2.24) is 5.32 Å². The van der Waals surface area contributed by atoms with E-state index in [1.165, 1.54) is 7.11 Å². The molecule has 84 valence electrons. The SMILES string of the molecule is CCCC(C)C(=O)NCC(O)COC. The Labute approximate surface area is 85.6 Å². The van der Waals surface area contributed by atoms with Gasteiger partial charge in [-0.25, -0.2) is 0 Å². The van der Waals surface area contributed by atoms with Crippen LogP contribution in [0.5, 0.6) is 0 Å². The van der Waals surface area contributed by atoms with Gasteiger partial charge in [-0.05, 0) is 6.42 Å². The molecule has 14 heavy (non-hydrogen) atoms. The number of ether oxygens (including phenoxy) is 1. The highest BCUT2D eigenvalue weighted by Gasteiger charge is 2.12. The normalized spacial score (nSPS) is 14.9. The first-order valence-electron chi connectivity index (χ1n) is 5.06. The van der Waals surface area contributed by atoms with Crippen LogP contribution in [0.3, 0.4) is 0 Å². The van der Waals surface area contributed by atoms with E-state index >= 15 is 0 Å². The third-order valence-corrected chi connectivity index (χ3v) is 2.04. The van der Waals surface area contributed by atoms with E-state index in [9.17, 15) is 9.90 Å². The molecule has 0 radical (unpaired) electrons. The highest BCUT2D eigenvalue weighted by Crippen LogP contribution is 2.04. The first-order valence-corrected chi connectivity index (χ1v) is 5.06. The second kappa shape index (κ2) is 7.76. The third-order valence-electron chi connectivity index (χ3n) is 2.04. The number of carbonyl (C=O) groups excluding carboxylic acids is 1. The Hall–Kier alpha value is -0.610. The third kappa shape index (κ3) is 5.94. The number of hydrogen-bond acceptors (Lipinski definition) is 3. The zero-order valence-electron chi connectivity index (χ0n) is 9.25. The lowest BCUT2D eigenvalue weighted by atomic mass is 10.1. The van der Waals surface area contributed by atoms with Crippen LogP contribution in [-0.4, -0.2) is 37.4 Å². The summed E-state index contributed by atoms with van der Waals surface area (Å²) in [6.45, 7) is 4.45. The molecule has 0 aliphatic carbocycles. The van der Waals surface area contributed by atoms with Crippen molar-refractivity contribution in [2.24, 2.45) is 5.92 Å². The van der Waals surface area contributed by atoms with E-state index in [1.807, 2.05) is 13.8 Å². The van der Waals surface area contributed by atoms with Gasteiger partial charge in [0.2, 0.25) is 5.91 Å². The Morgan fingerprint density at radius 1 is 1.57 bits per heavy atom. The summed E-state index contributed by atoms with van der Waals surface area (Å²) >= 11 is 0. The van der Waals surface area contributed by atoms with E-state index in [0.717, 1.165) is 12.8 Å². The molecule has 0 aromatic heterocycles. The molecule has 0 spiro atoms. The van der Waals surface area contributed by atoms with Gasteiger partial charge in [0.25, 0.3) is 0 Å². The summed E-state index contributed by atoms with van der Waals surface area (Å²) in [6, 6.07) is 0. The van der Waals surface area contributed by atoms with Crippen molar-refractivity contribution in [3.05, 3.63) is 0 Å². The molecule has 0 aromatic rings. The highest BCUT2D eigenvalue weighted by molar-refractivity contribution is 5.78. The molecule has 2 N–H and O–H groups in total. The fraction of sp³-hybridized carbons (Fsp3) is 0.900. The number of amides is 1. The van der Waals surface area contributed by atoms with Crippen LogP contribution in [0.25, 0.3) is 0 Å². The second-order valence-corrected chi connectivity index (χ2v) is 3.54. The Balaban J connectivity index is 3.61. The van der Waals surface area contributed by atoms with Crippen molar-refractivity contribution in [3.8, 4) is 0 Å². The molecule has 0 fully saturated rings. The maximum atomic E-state index is 11.4. The lowest BCUT2D eigenvalue weighted by Gasteiger charge is -2.14. The Morgan fingerprint density at radius 2 is 2.21 bits per heavy atom. The molecule has 1 amide bonds. The van der Waals surface area contributed by atoms with Gasteiger partial charge in [0, 0.05) is 19.6 Å². The quantitative estimate of drug-likeness (QED) is 0.635. The number of aliphatic hydroxyl groups excluding tert-OH is 1. The topological polar surface area (TPSA) is 58.6 Å². The Bertz CT molecular complexity index is 161. The molecular weight excluding hydrogens is 182 g/mol. The standard InChI is InChI=1S/C10H21NO3/c1-4-5-8(2)10(13)11-6-9(12)7-14-3/h8-9,12H,4-7H2,1-3H3,(H,11,13). The minimum absolute atomic E-state index is 0.00185. The van der Waals surface area contributed by atoms with Gasteiger partial charge in [-0.2, -0.15) is 0 Å². The smallest absolute Gasteiger partial charge is 0.222 e. The maximum absolute atomic E-state index is 11.4. The molecule has 2 unspecified atom stereocenters. The molecule has 4 heteroatoms. The average Bonchev–Trinajstić information content (AvgIpc) is 2.15. The van der Waals surface area contributed by atoms with Crippen LogP contribution < -0.4 is 5.32 Å². The first kappa shape index (κ1) is 13.4. The van der Waals surface area contributed by atoms with E-state index in [4.69, 9.17) is 4.74 Å². The second-order valence-electron chi connectivity index (χ2n) is 3.54. The lowest BCUT2D eigenvalue weighted by Crippen LogP contribution is -2.37. The number of hydrogen-bond donors (Lipinski definition) is 2. The van der Waals surface area contributed by atoms with E-state index in [1.54, 1.807) is 0 Å². The Morgan fingerprint density at radius 3 is 2.71 bits per heavy atom. The molecule has 2 atom stereocenters. The van der Waals surface area contributed by atoms with Crippen molar-refractivity contribution < 1.29 is 14.6 Å². The number of carbonyl (C=O) groups is 1. The predicted octanol–water partition coefficient (Wildman–Crippen LogP) is 0.546. The molecule has 0 rings (SSSR count). The zero-order valence-corrected chi connectivity index (χ0v) is 9.25. The fourth-order valence-electron chi connectivity index (χ4n) is 1.21. The van der Waals surface area contributed by atoms with Gasteiger partial charge in [0.15, 0.2) is 0 Å². The van der Waals surface area contributed by atoms with E-state index < -0.39 is 6.10 Å².